The Morgan fingerprint density at radius 1 is 1.20 bits per heavy atom. The van der Waals surface area contributed by atoms with Gasteiger partial charge in [-0.15, -0.1) is 22.3 Å². The number of halogens is 1. The van der Waals surface area contributed by atoms with Crippen LogP contribution in [0.3, 0.4) is 0 Å². The quantitative estimate of drug-likeness (QED) is 0.431. The molecule has 0 bridgehead atoms. The molecule has 0 aliphatic carbocycles. The smallest absolute Gasteiger partial charge is 0.294 e. The zero-order valence-electron chi connectivity index (χ0n) is 16.0. The Balaban J connectivity index is 1.99. The van der Waals surface area contributed by atoms with E-state index in [4.69, 9.17) is 21.1 Å². The van der Waals surface area contributed by atoms with E-state index in [-0.39, 0.29) is 21.8 Å². The average Bonchev–Trinajstić information content (AvgIpc) is 3.27. The number of amides is 1. The Hall–Kier alpha value is -2.27. The van der Waals surface area contributed by atoms with Crippen molar-refractivity contribution in [1.29, 1.82) is 0 Å². The Morgan fingerprint density at radius 2 is 1.93 bits per heavy atom. The van der Waals surface area contributed by atoms with Crippen LogP contribution >= 0.6 is 34.7 Å². The van der Waals surface area contributed by atoms with Crippen molar-refractivity contribution in [3.8, 4) is 11.5 Å². The fourth-order valence-electron chi connectivity index (χ4n) is 2.54. The highest BCUT2D eigenvalue weighted by Crippen LogP contribution is 2.36. The Bertz CT molecular complexity index is 1150. The lowest BCUT2D eigenvalue weighted by Crippen LogP contribution is -2.29. The minimum absolute atomic E-state index is 0.00363. The maximum atomic E-state index is 12.9. The number of ether oxygens (including phenoxy) is 2. The summed E-state index contributed by atoms with van der Waals surface area (Å²) in [5.74, 6) is 0.699. The third-order valence-electron chi connectivity index (χ3n) is 3.91. The van der Waals surface area contributed by atoms with Crippen LogP contribution in [0.25, 0.3) is 6.08 Å². The van der Waals surface area contributed by atoms with Gasteiger partial charge in [-0.25, -0.2) is 0 Å². The number of amidine groups is 1. The van der Waals surface area contributed by atoms with E-state index in [0.717, 1.165) is 23.1 Å². The maximum Gasteiger partial charge on any atom is 0.294 e. The fraction of sp³-hybridized carbons (Fsp3) is 0.158. The van der Waals surface area contributed by atoms with Gasteiger partial charge in [0, 0.05) is 6.54 Å². The summed E-state index contributed by atoms with van der Waals surface area (Å²) in [5.41, 5.74) is 0.691. The topological polar surface area (TPSA) is 85.3 Å². The van der Waals surface area contributed by atoms with Crippen LogP contribution < -0.4 is 9.47 Å². The molecule has 2 aromatic rings. The van der Waals surface area contributed by atoms with Crippen LogP contribution in [0.5, 0.6) is 11.5 Å². The molecule has 11 heteroatoms. The van der Waals surface area contributed by atoms with Gasteiger partial charge >= 0.3 is 0 Å². The zero-order chi connectivity index (χ0) is 21.9. The Kier molecular flexibility index (Phi) is 6.91. The third kappa shape index (κ3) is 4.72. The summed E-state index contributed by atoms with van der Waals surface area (Å²) in [5, 5.41) is 0.0520. The molecule has 1 aliphatic rings. The van der Waals surface area contributed by atoms with E-state index in [1.54, 1.807) is 24.3 Å². The first-order valence-corrected chi connectivity index (χ1v) is 11.9. The molecule has 0 spiro atoms. The number of nitrogens with zero attached hydrogens (tertiary/aromatic N) is 2. The molecule has 1 aromatic carbocycles. The van der Waals surface area contributed by atoms with E-state index in [1.807, 2.05) is 0 Å². The van der Waals surface area contributed by atoms with E-state index >= 15 is 0 Å². The minimum Gasteiger partial charge on any atom is -0.493 e. The third-order valence-corrected chi connectivity index (χ3v) is 7.99. The number of carbonyl (C=O) groups is 1. The standard InChI is InChI=1S/C19H17ClN2O5S3/c1-4-9-22-18(23)15(11-12-5-6-13(26-2)14(10-12)27-3)28-19(22)21-30(24,25)17-8-7-16(20)29-17/h4-8,10-11H,1,9H2,2-3H3/b15-11-,21-19?. The normalized spacial score (nSPS) is 17.0. The van der Waals surface area contributed by atoms with Gasteiger partial charge in [-0.1, -0.05) is 23.7 Å². The second-order valence-electron chi connectivity index (χ2n) is 5.84. The molecular formula is C19H17ClN2O5S3. The molecule has 0 atom stereocenters. The van der Waals surface area contributed by atoms with Crippen LogP contribution in [-0.4, -0.2) is 45.2 Å². The second kappa shape index (κ2) is 9.25. The number of sulfonamides is 1. The highest BCUT2D eigenvalue weighted by molar-refractivity contribution is 8.19. The Labute approximate surface area is 187 Å². The minimum atomic E-state index is -4.00. The van der Waals surface area contributed by atoms with Crippen molar-refractivity contribution in [2.24, 2.45) is 4.40 Å². The number of rotatable bonds is 7. The Morgan fingerprint density at radius 3 is 2.53 bits per heavy atom. The van der Waals surface area contributed by atoms with Gasteiger partial charge in [0.25, 0.3) is 15.9 Å². The largest absolute Gasteiger partial charge is 0.493 e. The number of carbonyl (C=O) groups excluding carboxylic acids is 1. The lowest BCUT2D eigenvalue weighted by Gasteiger charge is -2.12. The SMILES string of the molecule is C=CCN1C(=O)/C(=C/c2ccc(OC)c(OC)c2)SC1=NS(=O)(=O)c1ccc(Cl)s1. The van der Waals surface area contributed by atoms with Crippen LogP contribution in [0.1, 0.15) is 5.56 Å². The van der Waals surface area contributed by atoms with Gasteiger partial charge in [-0.3, -0.25) is 9.69 Å². The molecule has 30 heavy (non-hydrogen) atoms. The monoisotopic (exact) mass is 484 g/mol. The first-order valence-electron chi connectivity index (χ1n) is 8.43. The number of hydrogen-bond donors (Lipinski definition) is 0. The number of benzene rings is 1. The molecule has 158 valence electrons. The van der Waals surface area contributed by atoms with E-state index in [0.29, 0.717) is 26.3 Å². The van der Waals surface area contributed by atoms with E-state index in [1.165, 1.54) is 37.3 Å². The van der Waals surface area contributed by atoms with Gasteiger partial charge in [0.1, 0.15) is 4.21 Å². The molecule has 1 fully saturated rings. The van der Waals surface area contributed by atoms with Gasteiger partial charge in [-0.2, -0.15) is 8.42 Å². The number of thioether (sulfide) groups is 1. The molecule has 0 saturated carbocycles. The highest BCUT2D eigenvalue weighted by atomic mass is 35.5. The van der Waals surface area contributed by atoms with Gasteiger partial charge in [0.15, 0.2) is 16.7 Å². The molecule has 1 aliphatic heterocycles. The van der Waals surface area contributed by atoms with Gasteiger partial charge < -0.3 is 9.47 Å². The predicted octanol–water partition coefficient (Wildman–Crippen LogP) is 4.27. The maximum absolute atomic E-state index is 12.9. The number of thiophene rings is 1. The van der Waals surface area contributed by atoms with E-state index in [9.17, 15) is 13.2 Å². The van der Waals surface area contributed by atoms with Gasteiger partial charge in [0.05, 0.1) is 23.5 Å². The van der Waals surface area contributed by atoms with Crippen LogP contribution in [0.4, 0.5) is 0 Å². The molecule has 0 radical (unpaired) electrons. The summed E-state index contributed by atoms with van der Waals surface area (Å²) in [4.78, 5) is 14.4. The predicted molar refractivity (Wildman–Crippen MR) is 121 cm³/mol. The van der Waals surface area contributed by atoms with E-state index < -0.39 is 10.0 Å². The van der Waals surface area contributed by atoms with Crippen LogP contribution in [0, 0.1) is 0 Å². The molecule has 0 unspecified atom stereocenters. The van der Waals surface area contributed by atoms with E-state index in [2.05, 4.69) is 11.0 Å². The summed E-state index contributed by atoms with van der Waals surface area (Å²) in [6, 6.07) is 8.07. The van der Waals surface area contributed by atoms with Crippen molar-refractivity contribution in [3.63, 3.8) is 0 Å². The fourth-order valence-corrected chi connectivity index (χ4v) is 6.20. The van der Waals surface area contributed by atoms with Crippen molar-refractivity contribution < 1.29 is 22.7 Å². The first kappa shape index (κ1) is 22.4. The molecule has 1 amide bonds. The van der Waals surface area contributed by atoms with Gasteiger partial charge in [0.2, 0.25) is 0 Å². The zero-order valence-corrected chi connectivity index (χ0v) is 19.2. The van der Waals surface area contributed by atoms with Crippen molar-refractivity contribution in [2.75, 3.05) is 20.8 Å². The molecule has 7 nitrogen and oxygen atoms in total. The molecule has 2 heterocycles. The highest BCUT2D eigenvalue weighted by Gasteiger charge is 2.34. The van der Waals surface area contributed by atoms with Crippen LogP contribution in [0.15, 0.2) is 56.5 Å². The summed E-state index contributed by atoms with van der Waals surface area (Å²) < 4.78 is 39.9. The lowest BCUT2D eigenvalue weighted by atomic mass is 10.2. The number of hydrogen-bond acceptors (Lipinski definition) is 7. The molecule has 0 N–H and O–H groups in total. The molecule has 1 aromatic heterocycles. The van der Waals surface area contributed by atoms with Crippen LogP contribution in [0.2, 0.25) is 4.34 Å². The van der Waals surface area contributed by atoms with Crippen molar-refractivity contribution in [3.05, 3.63) is 57.8 Å². The van der Waals surface area contributed by atoms with Gasteiger partial charge in [-0.05, 0) is 47.7 Å². The van der Waals surface area contributed by atoms with Crippen molar-refractivity contribution in [2.45, 2.75) is 4.21 Å². The second-order valence-corrected chi connectivity index (χ2v) is 10.4. The van der Waals surface area contributed by atoms with Crippen molar-refractivity contribution in [1.82, 2.24) is 4.90 Å². The van der Waals surface area contributed by atoms with Crippen molar-refractivity contribution >= 4 is 61.9 Å². The molecule has 1 saturated heterocycles. The number of methoxy groups -OCH3 is 2. The molecule has 3 rings (SSSR count). The average molecular weight is 485 g/mol. The first-order chi connectivity index (χ1) is 14.3. The summed E-state index contributed by atoms with van der Waals surface area (Å²) in [6.07, 6.45) is 3.14. The van der Waals surface area contributed by atoms with Crippen LogP contribution in [-0.2, 0) is 14.8 Å². The molecular weight excluding hydrogens is 468 g/mol. The summed E-state index contributed by atoms with van der Waals surface area (Å²) in [7, 11) is -0.957. The summed E-state index contributed by atoms with van der Waals surface area (Å²) >= 11 is 7.71. The summed E-state index contributed by atoms with van der Waals surface area (Å²) in [6.45, 7) is 3.75. The lowest BCUT2D eigenvalue weighted by molar-refractivity contribution is -0.121.